The van der Waals surface area contributed by atoms with Crippen LogP contribution in [0.3, 0.4) is 0 Å². The highest BCUT2D eigenvalue weighted by atomic mass is 32.1. The fourth-order valence-electron chi connectivity index (χ4n) is 3.84. The molecule has 0 amide bonds. The number of aromatic nitrogens is 2. The third-order valence-corrected chi connectivity index (χ3v) is 5.54. The second-order valence-corrected chi connectivity index (χ2v) is 7.15. The van der Waals surface area contributed by atoms with Crippen LogP contribution >= 0.6 is 12.2 Å². The molecule has 5 heteroatoms. The SMILES string of the molecule is N#Cc1c(-c2cccn(-c3ccccc3)c2=S)c2c([nH]c1=O)CCCCC2. The summed E-state index contributed by atoms with van der Waals surface area (Å²) in [4.78, 5) is 15.5. The number of nitrogens with one attached hydrogen (secondary N) is 1. The largest absolute Gasteiger partial charge is 0.325 e. The van der Waals surface area contributed by atoms with Crippen LogP contribution in [0.4, 0.5) is 0 Å². The van der Waals surface area contributed by atoms with Crippen molar-refractivity contribution in [2.24, 2.45) is 0 Å². The van der Waals surface area contributed by atoms with Crippen LogP contribution in [0.25, 0.3) is 16.8 Å². The first-order valence-electron chi connectivity index (χ1n) is 9.16. The van der Waals surface area contributed by atoms with Crippen molar-refractivity contribution in [3.63, 3.8) is 0 Å². The maximum Gasteiger partial charge on any atom is 0.266 e. The molecular weight excluding hydrogens is 354 g/mol. The third kappa shape index (κ3) is 3.13. The van der Waals surface area contributed by atoms with Gasteiger partial charge in [-0.25, -0.2) is 0 Å². The Balaban J connectivity index is 2.03. The summed E-state index contributed by atoms with van der Waals surface area (Å²) in [7, 11) is 0. The lowest BCUT2D eigenvalue weighted by Crippen LogP contribution is -2.17. The monoisotopic (exact) mass is 373 g/mol. The molecule has 0 fully saturated rings. The van der Waals surface area contributed by atoms with Gasteiger partial charge in [0.1, 0.15) is 16.3 Å². The average Bonchev–Trinajstić information content (AvgIpc) is 2.93. The van der Waals surface area contributed by atoms with Crippen LogP contribution in [0.1, 0.15) is 36.1 Å². The topological polar surface area (TPSA) is 61.6 Å². The first kappa shape index (κ1) is 17.4. The lowest BCUT2D eigenvalue weighted by molar-refractivity contribution is 0.708. The molecule has 2 aromatic heterocycles. The molecule has 0 atom stereocenters. The molecular formula is C22H19N3OS. The summed E-state index contributed by atoms with van der Waals surface area (Å²) in [5.74, 6) is 0. The number of H-pyrrole nitrogens is 1. The Morgan fingerprint density at radius 2 is 1.81 bits per heavy atom. The van der Waals surface area contributed by atoms with Crippen molar-refractivity contribution >= 4 is 12.2 Å². The highest BCUT2D eigenvalue weighted by molar-refractivity contribution is 7.71. The predicted octanol–water partition coefficient (Wildman–Crippen LogP) is 4.70. The lowest BCUT2D eigenvalue weighted by Gasteiger charge is -2.16. The molecule has 1 aliphatic rings. The summed E-state index contributed by atoms with van der Waals surface area (Å²) in [6, 6.07) is 15.8. The molecule has 0 saturated carbocycles. The van der Waals surface area contributed by atoms with Crippen LogP contribution in [0.2, 0.25) is 0 Å². The molecule has 134 valence electrons. The van der Waals surface area contributed by atoms with Gasteiger partial charge < -0.3 is 9.55 Å². The Kier molecular flexibility index (Phi) is 4.74. The Labute approximate surface area is 162 Å². The van der Waals surface area contributed by atoms with Gasteiger partial charge in [-0.05, 0) is 55.5 Å². The van der Waals surface area contributed by atoms with Gasteiger partial charge in [0, 0.05) is 28.7 Å². The molecule has 4 rings (SSSR count). The van der Waals surface area contributed by atoms with Crippen molar-refractivity contribution in [1.82, 2.24) is 9.55 Å². The third-order valence-electron chi connectivity index (χ3n) is 5.12. The number of fused-ring (bicyclic) bond motifs is 1. The van der Waals surface area contributed by atoms with E-state index in [0.29, 0.717) is 10.2 Å². The van der Waals surface area contributed by atoms with E-state index in [4.69, 9.17) is 12.2 Å². The average molecular weight is 373 g/mol. The van der Waals surface area contributed by atoms with Gasteiger partial charge >= 0.3 is 0 Å². The van der Waals surface area contributed by atoms with E-state index in [1.54, 1.807) is 0 Å². The molecule has 0 saturated heterocycles. The summed E-state index contributed by atoms with van der Waals surface area (Å²) < 4.78 is 2.54. The number of benzene rings is 1. The maximum atomic E-state index is 12.6. The smallest absolute Gasteiger partial charge is 0.266 e. The van der Waals surface area contributed by atoms with Gasteiger partial charge in [-0.15, -0.1) is 0 Å². The Hall–Kier alpha value is -2.97. The van der Waals surface area contributed by atoms with Crippen molar-refractivity contribution < 1.29 is 0 Å². The second kappa shape index (κ2) is 7.34. The summed E-state index contributed by atoms with van der Waals surface area (Å²) >= 11 is 5.79. The van der Waals surface area contributed by atoms with E-state index in [1.807, 2.05) is 53.2 Å². The zero-order chi connectivity index (χ0) is 18.8. The van der Waals surface area contributed by atoms with Crippen LogP contribution < -0.4 is 5.56 Å². The minimum atomic E-state index is -0.322. The number of nitrogens with zero attached hydrogens (tertiary/aromatic N) is 2. The summed E-state index contributed by atoms with van der Waals surface area (Å²) in [6.07, 6.45) is 6.83. The van der Waals surface area contributed by atoms with Gasteiger partial charge in [0.25, 0.3) is 5.56 Å². The molecule has 3 aromatic rings. The number of pyridine rings is 2. The van der Waals surface area contributed by atoms with Gasteiger partial charge in [-0.1, -0.05) is 36.8 Å². The first-order chi connectivity index (χ1) is 13.2. The molecule has 27 heavy (non-hydrogen) atoms. The van der Waals surface area contributed by atoms with Gasteiger partial charge in [0.05, 0.1) is 0 Å². The number of para-hydroxylation sites is 1. The first-order valence-corrected chi connectivity index (χ1v) is 9.57. The summed E-state index contributed by atoms with van der Waals surface area (Å²) in [5.41, 5.74) is 4.31. The molecule has 1 N–H and O–H groups in total. The van der Waals surface area contributed by atoms with E-state index < -0.39 is 0 Å². The van der Waals surface area contributed by atoms with E-state index in [1.165, 1.54) is 0 Å². The summed E-state index contributed by atoms with van der Waals surface area (Å²) in [5, 5.41) is 9.70. The van der Waals surface area contributed by atoms with Crippen LogP contribution in [0, 0.1) is 16.0 Å². The predicted molar refractivity (Wildman–Crippen MR) is 109 cm³/mol. The van der Waals surface area contributed by atoms with Crippen molar-refractivity contribution in [2.45, 2.75) is 32.1 Å². The Bertz CT molecular complexity index is 1150. The van der Waals surface area contributed by atoms with E-state index in [0.717, 1.165) is 54.6 Å². The quantitative estimate of drug-likeness (QED) is 0.523. The van der Waals surface area contributed by atoms with Crippen LogP contribution in [0.15, 0.2) is 53.5 Å². The van der Waals surface area contributed by atoms with Gasteiger partial charge in [-0.3, -0.25) is 4.79 Å². The minimum Gasteiger partial charge on any atom is -0.325 e. The van der Waals surface area contributed by atoms with E-state index in [2.05, 4.69) is 11.1 Å². The second-order valence-electron chi connectivity index (χ2n) is 6.77. The number of hydrogen-bond donors (Lipinski definition) is 1. The van der Waals surface area contributed by atoms with Gasteiger partial charge in [0.2, 0.25) is 0 Å². The molecule has 2 heterocycles. The fourth-order valence-corrected chi connectivity index (χ4v) is 4.18. The van der Waals surface area contributed by atoms with Gasteiger partial charge in [0.15, 0.2) is 0 Å². The Morgan fingerprint density at radius 1 is 1.04 bits per heavy atom. The van der Waals surface area contributed by atoms with Crippen LogP contribution in [-0.2, 0) is 12.8 Å². The van der Waals surface area contributed by atoms with E-state index in [-0.39, 0.29) is 11.1 Å². The highest BCUT2D eigenvalue weighted by Crippen LogP contribution is 2.32. The highest BCUT2D eigenvalue weighted by Gasteiger charge is 2.21. The molecule has 1 aromatic carbocycles. The lowest BCUT2D eigenvalue weighted by atomic mass is 9.93. The van der Waals surface area contributed by atoms with Gasteiger partial charge in [-0.2, -0.15) is 5.26 Å². The fraction of sp³-hybridized carbons (Fsp3) is 0.227. The van der Waals surface area contributed by atoms with Crippen molar-refractivity contribution in [3.8, 4) is 22.9 Å². The van der Waals surface area contributed by atoms with E-state index in [9.17, 15) is 10.1 Å². The standard InChI is InChI=1S/C22H19N3OS/c23-14-18-20(16-10-5-2-6-12-19(16)24-21(18)26)17-11-7-13-25(22(17)27)15-8-3-1-4-9-15/h1,3-4,7-9,11,13H,2,5-6,10,12H2,(H,24,26). The molecule has 0 spiro atoms. The zero-order valence-corrected chi connectivity index (χ0v) is 15.7. The van der Waals surface area contributed by atoms with Crippen LogP contribution in [0.5, 0.6) is 0 Å². The molecule has 0 unspecified atom stereocenters. The Morgan fingerprint density at radius 3 is 2.59 bits per heavy atom. The number of hydrogen-bond acceptors (Lipinski definition) is 3. The molecule has 0 aliphatic heterocycles. The maximum absolute atomic E-state index is 12.6. The van der Waals surface area contributed by atoms with E-state index >= 15 is 0 Å². The summed E-state index contributed by atoms with van der Waals surface area (Å²) in [6.45, 7) is 0. The molecule has 0 radical (unpaired) electrons. The van der Waals surface area contributed by atoms with Crippen molar-refractivity contribution in [2.75, 3.05) is 0 Å². The normalized spacial score (nSPS) is 13.4. The molecule has 0 bridgehead atoms. The minimum absolute atomic E-state index is 0.160. The number of aromatic amines is 1. The van der Waals surface area contributed by atoms with Crippen molar-refractivity contribution in [1.29, 1.82) is 5.26 Å². The molecule has 4 nitrogen and oxygen atoms in total. The number of nitriles is 1. The number of rotatable bonds is 2. The van der Waals surface area contributed by atoms with Crippen LogP contribution in [-0.4, -0.2) is 9.55 Å². The zero-order valence-electron chi connectivity index (χ0n) is 14.9. The molecule has 1 aliphatic carbocycles. The van der Waals surface area contributed by atoms with Crippen molar-refractivity contribution in [3.05, 3.63) is 80.5 Å². The number of aryl methyl sites for hydroxylation is 1.